The third-order valence-corrected chi connectivity index (χ3v) is 2.73. The van der Waals surface area contributed by atoms with Crippen LogP contribution in [-0.4, -0.2) is 24.1 Å². The van der Waals surface area contributed by atoms with Crippen LogP contribution in [-0.2, 0) is 0 Å². The summed E-state index contributed by atoms with van der Waals surface area (Å²) in [6.07, 6.45) is -0.172. The molecule has 0 aromatic carbocycles. The highest BCUT2D eigenvalue weighted by Crippen LogP contribution is 2.25. The van der Waals surface area contributed by atoms with Gasteiger partial charge in [-0.3, -0.25) is 0 Å². The molecule has 1 atom stereocenters. The molecule has 82 valence electrons. The second-order valence-electron chi connectivity index (χ2n) is 3.62. The number of hydrogen-bond acceptors (Lipinski definition) is 3. The lowest BCUT2D eigenvalue weighted by atomic mass is 10.0. The minimum atomic E-state index is -2.45. The zero-order valence-corrected chi connectivity index (χ0v) is 8.24. The van der Waals surface area contributed by atoms with Crippen LogP contribution in [0.3, 0.4) is 0 Å². The summed E-state index contributed by atoms with van der Waals surface area (Å²) in [6, 6.07) is 3.36. The predicted molar refractivity (Wildman–Crippen MR) is 54.0 cm³/mol. The molecule has 5 heteroatoms. The Morgan fingerprint density at radius 2 is 2.33 bits per heavy atom. The second kappa shape index (κ2) is 4.10. The largest absolute Gasteiger partial charge is 0.352 e. The summed E-state index contributed by atoms with van der Waals surface area (Å²) in [4.78, 5) is 6.05. The van der Waals surface area contributed by atoms with Gasteiger partial charge < -0.3 is 10.6 Å². The van der Waals surface area contributed by atoms with Crippen LogP contribution in [0.5, 0.6) is 0 Å². The van der Waals surface area contributed by atoms with E-state index in [1.165, 1.54) is 12.3 Å². The lowest BCUT2D eigenvalue weighted by molar-refractivity contribution is 0.151. The zero-order valence-electron chi connectivity index (χ0n) is 8.24. The molecule has 1 fully saturated rings. The number of anilines is 1. The van der Waals surface area contributed by atoms with Gasteiger partial charge in [0.15, 0.2) is 0 Å². The zero-order chi connectivity index (χ0) is 10.8. The molecule has 0 spiro atoms. The van der Waals surface area contributed by atoms with Crippen molar-refractivity contribution in [3.05, 3.63) is 23.9 Å². The van der Waals surface area contributed by atoms with Gasteiger partial charge in [-0.15, -0.1) is 0 Å². The minimum absolute atomic E-state index is 0.0384. The number of nitrogens with two attached hydrogens (primary N) is 1. The molecule has 3 nitrogen and oxygen atoms in total. The van der Waals surface area contributed by atoms with E-state index in [1.54, 1.807) is 6.07 Å². The van der Waals surface area contributed by atoms with E-state index in [0.29, 0.717) is 12.6 Å². The van der Waals surface area contributed by atoms with Gasteiger partial charge >= 0.3 is 0 Å². The Hall–Kier alpha value is -1.23. The molecular formula is C10H13F2N3. The SMILES string of the molecule is NCC1CCN1c1ccc(C(F)F)cn1. The standard InChI is InChI=1S/C10H13F2N3/c11-10(12)7-1-2-9(14-6-7)15-4-3-8(15)5-13/h1-2,6,8,10H,3-5,13H2. The maximum absolute atomic E-state index is 12.3. The maximum Gasteiger partial charge on any atom is 0.265 e. The average Bonchev–Trinajstić information content (AvgIpc) is 2.17. The summed E-state index contributed by atoms with van der Waals surface area (Å²) in [5.41, 5.74) is 5.51. The molecule has 0 amide bonds. The van der Waals surface area contributed by atoms with Gasteiger partial charge in [-0.1, -0.05) is 0 Å². The van der Waals surface area contributed by atoms with E-state index in [4.69, 9.17) is 5.73 Å². The molecule has 2 rings (SSSR count). The molecule has 1 aromatic rings. The lowest BCUT2D eigenvalue weighted by Gasteiger charge is -2.41. The molecule has 1 aromatic heterocycles. The van der Waals surface area contributed by atoms with E-state index in [-0.39, 0.29) is 5.56 Å². The highest BCUT2D eigenvalue weighted by molar-refractivity contribution is 5.43. The van der Waals surface area contributed by atoms with Crippen LogP contribution in [0.25, 0.3) is 0 Å². The maximum atomic E-state index is 12.3. The van der Waals surface area contributed by atoms with Gasteiger partial charge in [0, 0.05) is 30.9 Å². The van der Waals surface area contributed by atoms with E-state index in [0.717, 1.165) is 18.8 Å². The summed E-state index contributed by atoms with van der Waals surface area (Å²) in [6.45, 7) is 1.49. The Balaban J connectivity index is 2.10. The molecule has 1 saturated heterocycles. The number of rotatable bonds is 3. The Morgan fingerprint density at radius 1 is 1.53 bits per heavy atom. The first kappa shape index (κ1) is 10.3. The van der Waals surface area contributed by atoms with Crippen LogP contribution in [0.15, 0.2) is 18.3 Å². The van der Waals surface area contributed by atoms with Crippen LogP contribution in [0.1, 0.15) is 18.4 Å². The number of nitrogens with zero attached hydrogens (tertiary/aromatic N) is 2. The van der Waals surface area contributed by atoms with Gasteiger partial charge in [-0.25, -0.2) is 13.8 Å². The molecule has 0 aliphatic carbocycles. The fraction of sp³-hybridized carbons (Fsp3) is 0.500. The van der Waals surface area contributed by atoms with Crippen molar-refractivity contribution in [3.63, 3.8) is 0 Å². The minimum Gasteiger partial charge on any atom is -0.352 e. The van der Waals surface area contributed by atoms with E-state index in [9.17, 15) is 8.78 Å². The fourth-order valence-electron chi connectivity index (χ4n) is 1.68. The monoisotopic (exact) mass is 213 g/mol. The summed E-state index contributed by atoms with van der Waals surface area (Å²) < 4.78 is 24.5. The summed E-state index contributed by atoms with van der Waals surface area (Å²) in [7, 11) is 0. The highest BCUT2D eigenvalue weighted by atomic mass is 19.3. The van der Waals surface area contributed by atoms with E-state index < -0.39 is 6.43 Å². The van der Waals surface area contributed by atoms with Gasteiger partial charge in [0.05, 0.1) is 0 Å². The molecule has 2 heterocycles. The van der Waals surface area contributed by atoms with Crippen LogP contribution in [0.2, 0.25) is 0 Å². The van der Waals surface area contributed by atoms with Gasteiger partial charge in [0.2, 0.25) is 0 Å². The summed E-state index contributed by atoms with van der Waals surface area (Å²) in [5.74, 6) is 0.737. The molecule has 0 bridgehead atoms. The third-order valence-electron chi connectivity index (χ3n) is 2.73. The fourth-order valence-corrected chi connectivity index (χ4v) is 1.68. The van der Waals surface area contributed by atoms with Crippen molar-refractivity contribution in [2.45, 2.75) is 18.9 Å². The van der Waals surface area contributed by atoms with Crippen LogP contribution >= 0.6 is 0 Å². The van der Waals surface area contributed by atoms with Gasteiger partial charge in [0.25, 0.3) is 6.43 Å². The Labute approximate surface area is 86.9 Å². The van der Waals surface area contributed by atoms with Crippen molar-refractivity contribution in [1.82, 2.24) is 4.98 Å². The number of alkyl halides is 2. The van der Waals surface area contributed by atoms with Crippen molar-refractivity contribution >= 4 is 5.82 Å². The Kier molecular flexibility index (Phi) is 2.81. The van der Waals surface area contributed by atoms with Gasteiger partial charge in [0.1, 0.15) is 5.82 Å². The average molecular weight is 213 g/mol. The van der Waals surface area contributed by atoms with Gasteiger partial charge in [-0.2, -0.15) is 0 Å². The Bertz CT molecular complexity index is 324. The molecule has 15 heavy (non-hydrogen) atoms. The van der Waals surface area contributed by atoms with E-state index >= 15 is 0 Å². The lowest BCUT2D eigenvalue weighted by Crippen LogP contribution is -2.52. The van der Waals surface area contributed by atoms with E-state index in [2.05, 4.69) is 4.98 Å². The van der Waals surface area contributed by atoms with Crippen molar-refractivity contribution in [2.75, 3.05) is 18.0 Å². The molecule has 0 saturated carbocycles. The first-order valence-electron chi connectivity index (χ1n) is 4.93. The number of hydrogen-bond donors (Lipinski definition) is 1. The molecule has 1 aliphatic heterocycles. The van der Waals surface area contributed by atoms with Crippen LogP contribution < -0.4 is 10.6 Å². The topological polar surface area (TPSA) is 42.1 Å². The second-order valence-corrected chi connectivity index (χ2v) is 3.62. The van der Waals surface area contributed by atoms with Crippen molar-refractivity contribution in [1.29, 1.82) is 0 Å². The predicted octanol–water partition coefficient (Wildman–Crippen LogP) is 1.56. The molecule has 1 unspecified atom stereocenters. The van der Waals surface area contributed by atoms with Crippen molar-refractivity contribution < 1.29 is 8.78 Å². The molecule has 2 N–H and O–H groups in total. The molecule has 0 radical (unpaired) electrons. The van der Waals surface area contributed by atoms with Crippen molar-refractivity contribution in [2.24, 2.45) is 5.73 Å². The summed E-state index contributed by atoms with van der Waals surface area (Å²) >= 11 is 0. The van der Waals surface area contributed by atoms with Gasteiger partial charge in [-0.05, 0) is 18.6 Å². The smallest absolute Gasteiger partial charge is 0.265 e. The van der Waals surface area contributed by atoms with Crippen molar-refractivity contribution in [3.8, 4) is 0 Å². The molecular weight excluding hydrogens is 200 g/mol. The number of halogens is 2. The van der Waals surface area contributed by atoms with E-state index in [1.807, 2.05) is 4.90 Å². The van der Waals surface area contributed by atoms with Crippen LogP contribution in [0.4, 0.5) is 14.6 Å². The number of aromatic nitrogens is 1. The Morgan fingerprint density at radius 3 is 2.73 bits per heavy atom. The summed E-state index contributed by atoms with van der Waals surface area (Å²) in [5, 5.41) is 0. The molecule has 1 aliphatic rings. The quantitative estimate of drug-likeness (QED) is 0.828. The number of pyridine rings is 1. The third kappa shape index (κ3) is 1.92. The normalized spacial score (nSPS) is 20.5. The first-order chi connectivity index (χ1) is 7.22. The first-order valence-corrected chi connectivity index (χ1v) is 4.93. The highest BCUT2D eigenvalue weighted by Gasteiger charge is 2.27. The van der Waals surface area contributed by atoms with Crippen LogP contribution in [0, 0.1) is 0 Å².